The summed E-state index contributed by atoms with van der Waals surface area (Å²) in [4.78, 5) is 11.3. The van der Waals surface area contributed by atoms with Crippen molar-refractivity contribution in [3.05, 3.63) is 34.9 Å². The number of rotatable bonds is 12. The summed E-state index contributed by atoms with van der Waals surface area (Å²) >= 11 is 17.7. The maximum Gasteiger partial charge on any atom is 0.342 e. The largest absolute Gasteiger partial charge is 0.467 e. The number of esters is 1. The minimum atomic E-state index is -1.42. The van der Waals surface area contributed by atoms with E-state index < -0.39 is 16.4 Å². The summed E-state index contributed by atoms with van der Waals surface area (Å²) in [5.41, 5.74) is 0.917. The van der Waals surface area contributed by atoms with Crippen molar-refractivity contribution in [1.82, 2.24) is 0 Å². The molecule has 0 radical (unpaired) electrons. The lowest BCUT2D eigenvalue weighted by Gasteiger charge is -2.16. The Morgan fingerprint density at radius 1 is 1.04 bits per heavy atom. The van der Waals surface area contributed by atoms with Crippen LogP contribution in [0.2, 0.25) is 5.02 Å². The fourth-order valence-corrected chi connectivity index (χ4v) is 3.22. The molecule has 1 atom stereocenters. The lowest BCUT2D eigenvalue weighted by Crippen LogP contribution is -2.27. The third-order valence-corrected chi connectivity index (χ3v) is 5.15. The molecule has 1 rings (SSSR count). The van der Waals surface area contributed by atoms with E-state index in [1.165, 1.54) is 7.11 Å². The highest BCUT2D eigenvalue weighted by Gasteiger charge is 2.33. The van der Waals surface area contributed by atoms with Gasteiger partial charge in [0, 0.05) is 5.02 Å². The van der Waals surface area contributed by atoms with Gasteiger partial charge in [0.05, 0.1) is 13.2 Å². The van der Waals surface area contributed by atoms with Gasteiger partial charge in [-0.2, -0.15) is 0 Å². The molecule has 0 aliphatic carbocycles. The number of hydrogen-bond donors (Lipinski definition) is 1. The number of alkyl halides is 2. The van der Waals surface area contributed by atoms with E-state index in [1.807, 2.05) is 12.1 Å². The van der Waals surface area contributed by atoms with Crippen molar-refractivity contribution < 1.29 is 14.6 Å². The molecule has 25 heavy (non-hydrogen) atoms. The predicted octanol–water partition coefficient (Wildman–Crippen LogP) is 6.23. The first-order valence-corrected chi connectivity index (χ1v) is 9.90. The van der Waals surface area contributed by atoms with Crippen molar-refractivity contribution in [2.24, 2.45) is 0 Å². The zero-order valence-electron chi connectivity index (χ0n) is 14.6. The van der Waals surface area contributed by atoms with Crippen LogP contribution in [-0.2, 0) is 9.53 Å². The van der Waals surface area contributed by atoms with E-state index >= 15 is 0 Å². The monoisotopic (exact) mass is 408 g/mol. The summed E-state index contributed by atoms with van der Waals surface area (Å²) in [6, 6.07) is 7.34. The SMILES string of the molecule is COC(=O)C(Cl)(Cl)CCCCCCCCCC(O)c1ccc(Cl)cc1. The molecule has 0 saturated carbocycles. The maximum atomic E-state index is 11.3. The van der Waals surface area contributed by atoms with Crippen molar-refractivity contribution >= 4 is 40.8 Å². The van der Waals surface area contributed by atoms with Crippen LogP contribution in [-0.4, -0.2) is 22.5 Å². The van der Waals surface area contributed by atoms with E-state index in [1.54, 1.807) is 12.1 Å². The molecule has 142 valence electrons. The van der Waals surface area contributed by atoms with Crippen LogP contribution in [0.4, 0.5) is 0 Å². The van der Waals surface area contributed by atoms with Crippen LogP contribution in [0.25, 0.3) is 0 Å². The predicted molar refractivity (Wildman–Crippen MR) is 104 cm³/mol. The Hall–Kier alpha value is -0.480. The van der Waals surface area contributed by atoms with E-state index in [0.29, 0.717) is 11.4 Å². The van der Waals surface area contributed by atoms with Crippen LogP contribution in [0.15, 0.2) is 24.3 Å². The van der Waals surface area contributed by atoms with Crippen LogP contribution in [0, 0.1) is 0 Å². The van der Waals surface area contributed by atoms with E-state index in [4.69, 9.17) is 34.8 Å². The minimum absolute atomic E-state index is 0.413. The Labute approximate surface area is 165 Å². The van der Waals surface area contributed by atoms with E-state index in [-0.39, 0.29) is 0 Å². The van der Waals surface area contributed by atoms with Crippen LogP contribution in [0.3, 0.4) is 0 Å². The summed E-state index contributed by atoms with van der Waals surface area (Å²) in [6.07, 6.45) is 8.01. The highest BCUT2D eigenvalue weighted by atomic mass is 35.5. The lowest BCUT2D eigenvalue weighted by molar-refractivity contribution is -0.141. The fraction of sp³-hybridized carbons (Fsp3) is 0.632. The van der Waals surface area contributed by atoms with Crippen molar-refractivity contribution in [3.8, 4) is 0 Å². The van der Waals surface area contributed by atoms with Gasteiger partial charge in [0.25, 0.3) is 0 Å². The molecule has 0 bridgehead atoms. The molecule has 0 aliphatic heterocycles. The van der Waals surface area contributed by atoms with E-state index in [2.05, 4.69) is 4.74 Å². The molecule has 0 aliphatic rings. The molecule has 3 nitrogen and oxygen atoms in total. The van der Waals surface area contributed by atoms with E-state index in [0.717, 1.165) is 56.9 Å². The number of halogens is 3. The van der Waals surface area contributed by atoms with Crippen molar-refractivity contribution in [2.45, 2.75) is 68.2 Å². The maximum absolute atomic E-state index is 11.3. The van der Waals surface area contributed by atoms with E-state index in [9.17, 15) is 9.90 Å². The smallest absolute Gasteiger partial charge is 0.342 e. The third-order valence-electron chi connectivity index (χ3n) is 4.21. The zero-order valence-corrected chi connectivity index (χ0v) is 16.9. The third kappa shape index (κ3) is 9.14. The average Bonchev–Trinajstić information content (AvgIpc) is 2.59. The molecular weight excluding hydrogens is 383 g/mol. The molecule has 0 fully saturated rings. The highest BCUT2D eigenvalue weighted by molar-refractivity contribution is 6.57. The Kier molecular flexibility index (Phi) is 10.8. The van der Waals surface area contributed by atoms with Crippen molar-refractivity contribution in [2.75, 3.05) is 7.11 Å². The molecule has 1 N–H and O–H groups in total. The molecule has 0 spiro atoms. The molecule has 1 unspecified atom stereocenters. The molecule has 1 aromatic rings. The van der Waals surface area contributed by atoms with Gasteiger partial charge in [-0.15, -0.1) is 0 Å². The van der Waals surface area contributed by atoms with Crippen molar-refractivity contribution in [1.29, 1.82) is 0 Å². The van der Waals surface area contributed by atoms with Gasteiger partial charge in [-0.25, -0.2) is 4.79 Å². The quantitative estimate of drug-likeness (QED) is 0.253. The normalized spacial score (nSPS) is 12.8. The topological polar surface area (TPSA) is 46.5 Å². The van der Waals surface area contributed by atoms with Gasteiger partial charge >= 0.3 is 5.97 Å². The molecule has 1 aromatic carbocycles. The summed E-state index contributed by atoms with van der Waals surface area (Å²) in [5, 5.41) is 10.8. The number of carbonyl (C=O) groups is 1. The minimum Gasteiger partial charge on any atom is -0.467 e. The number of ether oxygens (including phenoxy) is 1. The number of hydrogen-bond acceptors (Lipinski definition) is 3. The van der Waals surface area contributed by atoms with Crippen LogP contribution < -0.4 is 0 Å². The van der Waals surface area contributed by atoms with Gasteiger partial charge in [-0.3, -0.25) is 0 Å². The highest BCUT2D eigenvalue weighted by Crippen LogP contribution is 2.29. The Morgan fingerprint density at radius 3 is 2.12 bits per heavy atom. The molecule has 0 heterocycles. The first kappa shape index (κ1) is 22.6. The number of unbranched alkanes of at least 4 members (excludes halogenated alkanes) is 6. The van der Waals surface area contributed by atoms with Crippen LogP contribution in [0.5, 0.6) is 0 Å². The second-order valence-corrected chi connectivity index (χ2v) is 8.20. The van der Waals surface area contributed by atoms with Crippen LogP contribution in [0.1, 0.15) is 69.5 Å². The number of methoxy groups -OCH3 is 1. The first-order valence-electron chi connectivity index (χ1n) is 8.76. The summed E-state index contributed by atoms with van der Waals surface area (Å²) < 4.78 is 3.14. The summed E-state index contributed by atoms with van der Waals surface area (Å²) in [5.74, 6) is -0.588. The van der Waals surface area contributed by atoms with Gasteiger partial charge in [0.2, 0.25) is 4.33 Å². The average molecular weight is 410 g/mol. The zero-order chi connectivity index (χ0) is 18.7. The van der Waals surface area contributed by atoms with Gasteiger partial charge in [0.1, 0.15) is 0 Å². The van der Waals surface area contributed by atoms with Gasteiger partial charge < -0.3 is 9.84 Å². The van der Waals surface area contributed by atoms with Crippen LogP contribution >= 0.6 is 34.8 Å². The summed E-state index contributed by atoms with van der Waals surface area (Å²) in [7, 11) is 1.28. The second-order valence-electron chi connectivity index (χ2n) is 6.28. The number of carbonyl (C=O) groups excluding carboxylic acids is 1. The summed E-state index contributed by atoms with van der Waals surface area (Å²) in [6.45, 7) is 0. The second kappa shape index (κ2) is 12.0. The van der Waals surface area contributed by atoms with Gasteiger partial charge in [-0.1, -0.05) is 85.5 Å². The van der Waals surface area contributed by atoms with Gasteiger partial charge in [-0.05, 0) is 37.0 Å². The molecule has 0 amide bonds. The standard InChI is InChI=1S/C19H27Cl3O3/c1-25-18(24)19(21,22)14-8-6-4-2-3-5-7-9-17(23)15-10-12-16(20)13-11-15/h10-13,17,23H,2-9,14H2,1H3. The Balaban J connectivity index is 2.02. The Morgan fingerprint density at radius 2 is 1.56 bits per heavy atom. The molecular formula is C19H27Cl3O3. The van der Waals surface area contributed by atoms with Gasteiger partial charge in [0.15, 0.2) is 0 Å². The molecule has 0 saturated heterocycles. The Bertz CT molecular complexity index is 503. The first-order chi connectivity index (χ1) is 11.9. The number of aliphatic hydroxyl groups excluding tert-OH is 1. The van der Waals surface area contributed by atoms with Crippen molar-refractivity contribution in [3.63, 3.8) is 0 Å². The number of aliphatic hydroxyl groups is 1. The lowest BCUT2D eigenvalue weighted by atomic mass is 10.0. The molecule has 6 heteroatoms. The molecule has 0 aromatic heterocycles. The fourth-order valence-electron chi connectivity index (χ4n) is 2.67. The number of benzene rings is 1.